The van der Waals surface area contributed by atoms with Gasteiger partial charge in [-0.3, -0.25) is 4.57 Å². The highest BCUT2D eigenvalue weighted by atomic mass is 15.3. The molecule has 6 rings (SSSR count). The summed E-state index contributed by atoms with van der Waals surface area (Å²) in [5.74, 6) is 1.40. The number of hydrogen-bond donors (Lipinski definition) is 2. The van der Waals surface area contributed by atoms with E-state index in [2.05, 4.69) is 49.2 Å². The van der Waals surface area contributed by atoms with Crippen molar-refractivity contribution in [2.75, 3.05) is 43.9 Å². The fourth-order valence-electron chi connectivity index (χ4n) is 4.69. The third-order valence-electron chi connectivity index (χ3n) is 6.80. The molecule has 2 fully saturated rings. The lowest BCUT2D eigenvalue weighted by Crippen LogP contribution is -2.44. The summed E-state index contributed by atoms with van der Waals surface area (Å²) in [6.45, 7) is 4.47. The number of hydrogen-bond acceptors (Lipinski definition) is 7. The standard InChI is InChI=1S/C25H29BN8/c1-32-11-13-33(14-12-32)20-7-5-18(6-8-20)28-24-27-16-22-23(31-24)34(21-9-10-21)25(30-22)29-19-4-2-3-17(26)15-19/h2-5,7,15-16,21H,6,8-14H2,1H3,(H,29,30)(H,27,28,31). The molecule has 3 aromatic rings. The Morgan fingerprint density at radius 3 is 2.59 bits per heavy atom. The zero-order valence-electron chi connectivity index (χ0n) is 19.5. The summed E-state index contributed by atoms with van der Waals surface area (Å²) < 4.78 is 2.20. The van der Waals surface area contributed by atoms with Crippen molar-refractivity contribution >= 4 is 42.1 Å². The molecule has 0 bridgehead atoms. The first-order valence-corrected chi connectivity index (χ1v) is 12.1. The topological polar surface area (TPSA) is 74.1 Å². The molecule has 2 aromatic heterocycles. The van der Waals surface area contributed by atoms with E-state index in [1.54, 1.807) is 0 Å². The molecule has 0 amide bonds. The molecule has 1 aromatic carbocycles. The number of fused-ring (bicyclic) bond motifs is 1. The van der Waals surface area contributed by atoms with Gasteiger partial charge in [0.25, 0.3) is 0 Å². The Labute approximate surface area is 201 Å². The van der Waals surface area contributed by atoms with Gasteiger partial charge in [0.05, 0.1) is 6.20 Å². The average Bonchev–Trinajstić information content (AvgIpc) is 3.61. The molecule has 3 heterocycles. The largest absolute Gasteiger partial charge is 0.372 e. The first kappa shape index (κ1) is 21.2. The molecule has 9 heteroatoms. The molecule has 0 spiro atoms. The van der Waals surface area contributed by atoms with Gasteiger partial charge < -0.3 is 20.4 Å². The Bertz CT molecular complexity index is 1270. The van der Waals surface area contributed by atoms with Crippen molar-refractivity contribution in [3.05, 3.63) is 54.0 Å². The van der Waals surface area contributed by atoms with Crippen molar-refractivity contribution < 1.29 is 0 Å². The molecule has 8 nitrogen and oxygen atoms in total. The summed E-state index contributed by atoms with van der Waals surface area (Å²) in [5.41, 5.74) is 5.86. The van der Waals surface area contributed by atoms with Gasteiger partial charge in [-0.25, -0.2) is 9.97 Å². The minimum absolute atomic E-state index is 0.416. The van der Waals surface area contributed by atoms with Crippen molar-refractivity contribution in [2.24, 2.45) is 0 Å². The summed E-state index contributed by atoms with van der Waals surface area (Å²) in [6, 6.07) is 8.13. The number of aromatic nitrogens is 4. The maximum atomic E-state index is 5.95. The lowest BCUT2D eigenvalue weighted by Gasteiger charge is -2.36. The number of likely N-dealkylation sites (N-methyl/N-ethyl adjacent to an activating group) is 1. The third kappa shape index (κ3) is 4.40. The Morgan fingerprint density at radius 1 is 1.00 bits per heavy atom. The van der Waals surface area contributed by atoms with Crippen LogP contribution in [0.25, 0.3) is 11.2 Å². The zero-order valence-corrected chi connectivity index (χ0v) is 19.5. The van der Waals surface area contributed by atoms with Crippen molar-refractivity contribution in [1.82, 2.24) is 29.3 Å². The van der Waals surface area contributed by atoms with Crippen LogP contribution in [0.4, 0.5) is 17.6 Å². The number of piperazine rings is 1. The summed E-state index contributed by atoms with van der Waals surface area (Å²) in [6.07, 6.45) is 10.5. The minimum Gasteiger partial charge on any atom is -0.372 e. The second-order valence-electron chi connectivity index (χ2n) is 9.45. The normalized spacial score (nSPS) is 19.1. The molecule has 34 heavy (non-hydrogen) atoms. The van der Waals surface area contributed by atoms with Crippen molar-refractivity contribution in [3.63, 3.8) is 0 Å². The summed E-state index contributed by atoms with van der Waals surface area (Å²) in [7, 11) is 8.14. The summed E-state index contributed by atoms with van der Waals surface area (Å²) in [4.78, 5) is 19.1. The van der Waals surface area contributed by atoms with Gasteiger partial charge in [-0.05, 0) is 57.0 Å². The van der Waals surface area contributed by atoms with Crippen LogP contribution in [0.5, 0.6) is 0 Å². The van der Waals surface area contributed by atoms with Crippen LogP contribution in [0.1, 0.15) is 31.7 Å². The number of benzene rings is 1. The van der Waals surface area contributed by atoms with E-state index in [1.165, 1.54) is 5.70 Å². The maximum Gasteiger partial charge on any atom is 0.229 e. The number of imidazole rings is 1. The Morgan fingerprint density at radius 2 is 1.85 bits per heavy atom. The van der Waals surface area contributed by atoms with Crippen molar-refractivity contribution in [2.45, 2.75) is 31.7 Å². The first-order valence-electron chi connectivity index (χ1n) is 12.1. The molecule has 2 radical (unpaired) electrons. The fourth-order valence-corrected chi connectivity index (χ4v) is 4.69. The highest BCUT2D eigenvalue weighted by molar-refractivity contribution is 6.32. The third-order valence-corrected chi connectivity index (χ3v) is 6.80. The van der Waals surface area contributed by atoms with Crippen LogP contribution >= 0.6 is 0 Å². The predicted molar refractivity (Wildman–Crippen MR) is 137 cm³/mol. The van der Waals surface area contributed by atoms with E-state index < -0.39 is 0 Å². The second kappa shape index (κ2) is 8.79. The lowest BCUT2D eigenvalue weighted by atomic mass is 9.96. The molecule has 1 saturated carbocycles. The fraction of sp³-hybridized carbons (Fsp3) is 0.400. The van der Waals surface area contributed by atoms with Gasteiger partial charge in [-0.2, -0.15) is 4.98 Å². The SMILES string of the molecule is [B]c1cccc(Nc2nc3cnc(NC4=CC=C(N5CCN(C)CC5)CC4)nc3n2C2CC2)c1. The van der Waals surface area contributed by atoms with Gasteiger partial charge >= 0.3 is 0 Å². The molecule has 2 N–H and O–H groups in total. The zero-order chi connectivity index (χ0) is 23.1. The summed E-state index contributed by atoms with van der Waals surface area (Å²) in [5, 5.41) is 6.87. The van der Waals surface area contributed by atoms with E-state index in [4.69, 9.17) is 17.8 Å². The number of nitrogens with one attached hydrogen (secondary N) is 2. The van der Waals surface area contributed by atoms with Gasteiger partial charge in [-0.15, -0.1) is 0 Å². The quantitative estimate of drug-likeness (QED) is 0.558. The maximum absolute atomic E-state index is 5.95. The molecule has 1 aliphatic heterocycles. The van der Waals surface area contributed by atoms with Gasteiger partial charge in [0.1, 0.15) is 13.4 Å². The number of anilines is 3. The Balaban J connectivity index is 1.22. The highest BCUT2D eigenvalue weighted by Crippen LogP contribution is 2.40. The number of rotatable bonds is 6. The lowest BCUT2D eigenvalue weighted by molar-refractivity contribution is 0.182. The smallest absolute Gasteiger partial charge is 0.229 e. The van der Waals surface area contributed by atoms with Gasteiger partial charge in [0, 0.05) is 49.3 Å². The van der Waals surface area contributed by atoms with Crippen LogP contribution in [-0.4, -0.2) is 70.4 Å². The molecular weight excluding hydrogens is 423 g/mol. The van der Waals surface area contributed by atoms with E-state index in [-0.39, 0.29) is 0 Å². The Hall–Kier alpha value is -3.33. The van der Waals surface area contributed by atoms with E-state index in [0.29, 0.717) is 12.0 Å². The molecule has 2 aliphatic carbocycles. The van der Waals surface area contributed by atoms with Crippen LogP contribution in [-0.2, 0) is 0 Å². The van der Waals surface area contributed by atoms with Crippen LogP contribution in [0.15, 0.2) is 54.0 Å². The molecule has 0 unspecified atom stereocenters. The van der Waals surface area contributed by atoms with Gasteiger partial charge in [0.15, 0.2) is 5.65 Å². The highest BCUT2D eigenvalue weighted by Gasteiger charge is 2.29. The first-order chi connectivity index (χ1) is 16.6. The van der Waals surface area contributed by atoms with E-state index in [1.807, 2.05) is 30.5 Å². The van der Waals surface area contributed by atoms with Crippen LogP contribution in [0.3, 0.4) is 0 Å². The molecule has 172 valence electrons. The minimum atomic E-state index is 0.416. The monoisotopic (exact) mass is 452 g/mol. The van der Waals surface area contributed by atoms with Crippen molar-refractivity contribution in [1.29, 1.82) is 0 Å². The number of allylic oxidation sites excluding steroid dienone is 4. The Kier molecular flexibility index (Phi) is 5.49. The van der Waals surface area contributed by atoms with E-state index in [0.717, 1.165) is 85.8 Å². The van der Waals surface area contributed by atoms with E-state index >= 15 is 0 Å². The van der Waals surface area contributed by atoms with E-state index in [9.17, 15) is 0 Å². The molecule has 1 saturated heterocycles. The van der Waals surface area contributed by atoms with Gasteiger partial charge in [0.2, 0.25) is 11.9 Å². The van der Waals surface area contributed by atoms with Gasteiger partial charge in [-0.1, -0.05) is 17.6 Å². The number of nitrogens with zero attached hydrogens (tertiary/aromatic N) is 6. The second-order valence-corrected chi connectivity index (χ2v) is 9.45. The van der Waals surface area contributed by atoms with Crippen LogP contribution in [0.2, 0.25) is 0 Å². The average molecular weight is 452 g/mol. The van der Waals surface area contributed by atoms with Crippen LogP contribution < -0.4 is 16.1 Å². The molecule has 0 atom stereocenters. The van der Waals surface area contributed by atoms with Crippen molar-refractivity contribution in [3.8, 4) is 0 Å². The molecular formula is C25H29BN8. The predicted octanol–water partition coefficient (Wildman–Crippen LogP) is 2.92. The molecule has 3 aliphatic rings. The summed E-state index contributed by atoms with van der Waals surface area (Å²) >= 11 is 0. The van der Waals surface area contributed by atoms with Crippen LogP contribution in [0, 0.1) is 0 Å².